The van der Waals surface area contributed by atoms with Crippen molar-refractivity contribution in [1.82, 2.24) is 25.0 Å². The van der Waals surface area contributed by atoms with E-state index in [2.05, 4.69) is 45.6 Å². The normalized spacial score (nSPS) is 12.9. The lowest BCUT2D eigenvalue weighted by Gasteiger charge is -2.23. The predicted octanol–water partition coefficient (Wildman–Crippen LogP) is 3.11. The molecule has 1 amide bonds. The van der Waals surface area contributed by atoms with Crippen molar-refractivity contribution in [3.63, 3.8) is 0 Å². The van der Waals surface area contributed by atoms with Gasteiger partial charge in [-0.05, 0) is 45.5 Å². The van der Waals surface area contributed by atoms with Gasteiger partial charge in [-0.1, -0.05) is 6.07 Å². The van der Waals surface area contributed by atoms with E-state index in [0.717, 1.165) is 11.0 Å². The first-order valence-corrected chi connectivity index (χ1v) is 9.16. The Balaban J connectivity index is 1.73. The van der Waals surface area contributed by atoms with Crippen LogP contribution in [0.3, 0.4) is 0 Å². The van der Waals surface area contributed by atoms with E-state index in [-0.39, 0.29) is 18.0 Å². The molecule has 0 aliphatic heterocycles. The lowest BCUT2D eigenvalue weighted by atomic mass is 10.2. The maximum absolute atomic E-state index is 12.5. The van der Waals surface area contributed by atoms with E-state index in [4.69, 9.17) is 0 Å². The number of carbonyl (C=O) groups excluding carboxylic acids is 1. The van der Waals surface area contributed by atoms with E-state index in [9.17, 15) is 4.79 Å². The minimum atomic E-state index is -0.116. The summed E-state index contributed by atoms with van der Waals surface area (Å²) < 4.78 is 1.86. The second-order valence-electron chi connectivity index (χ2n) is 6.52. The van der Waals surface area contributed by atoms with E-state index in [1.54, 1.807) is 23.7 Å². The third-order valence-corrected chi connectivity index (χ3v) is 5.11. The summed E-state index contributed by atoms with van der Waals surface area (Å²) in [5, 5.41) is 10.3. The minimum absolute atomic E-state index is 0.116. The summed E-state index contributed by atoms with van der Waals surface area (Å²) >= 11 is 1.70. The molecule has 3 aromatic heterocycles. The van der Waals surface area contributed by atoms with Crippen molar-refractivity contribution < 1.29 is 4.79 Å². The van der Waals surface area contributed by atoms with Gasteiger partial charge in [-0.2, -0.15) is 5.10 Å². The molecule has 0 aromatic carbocycles. The summed E-state index contributed by atoms with van der Waals surface area (Å²) in [6.45, 7) is 4.66. The Labute approximate surface area is 151 Å². The van der Waals surface area contributed by atoms with Crippen molar-refractivity contribution in [1.29, 1.82) is 0 Å². The Hall–Kier alpha value is -2.25. The van der Waals surface area contributed by atoms with Crippen molar-refractivity contribution in [3.05, 3.63) is 46.4 Å². The SMILES string of the molecule is CC(C)n1ncc2cc(C(=O)NCC(c3cccs3)N(C)C)cnc21. The van der Waals surface area contributed by atoms with Crippen LogP contribution in [0.2, 0.25) is 0 Å². The van der Waals surface area contributed by atoms with Crippen LogP contribution in [0.15, 0.2) is 36.0 Å². The van der Waals surface area contributed by atoms with Crippen LogP contribution in [-0.4, -0.2) is 46.2 Å². The average molecular weight is 357 g/mol. The number of fused-ring (bicyclic) bond motifs is 1. The van der Waals surface area contributed by atoms with E-state index in [1.807, 2.05) is 30.9 Å². The number of pyridine rings is 1. The van der Waals surface area contributed by atoms with Crippen LogP contribution < -0.4 is 5.32 Å². The number of thiophene rings is 1. The summed E-state index contributed by atoms with van der Waals surface area (Å²) in [6.07, 6.45) is 3.38. The maximum atomic E-state index is 12.5. The van der Waals surface area contributed by atoms with Crippen molar-refractivity contribution in [3.8, 4) is 0 Å². The summed E-state index contributed by atoms with van der Waals surface area (Å²) in [6, 6.07) is 6.36. The van der Waals surface area contributed by atoms with E-state index >= 15 is 0 Å². The summed E-state index contributed by atoms with van der Waals surface area (Å²) in [5.41, 5.74) is 1.36. The topological polar surface area (TPSA) is 63.1 Å². The lowest BCUT2D eigenvalue weighted by Crippen LogP contribution is -2.34. The molecule has 6 nitrogen and oxygen atoms in total. The Morgan fingerprint density at radius 1 is 1.36 bits per heavy atom. The molecule has 0 spiro atoms. The number of rotatable bonds is 6. The molecular formula is C18H23N5OS. The predicted molar refractivity (Wildman–Crippen MR) is 101 cm³/mol. The Bertz CT molecular complexity index is 854. The first-order chi connectivity index (χ1) is 12.0. The summed E-state index contributed by atoms with van der Waals surface area (Å²) in [4.78, 5) is 20.3. The van der Waals surface area contributed by atoms with Crippen LogP contribution >= 0.6 is 11.3 Å². The van der Waals surface area contributed by atoms with Crippen molar-refractivity contribution in [2.45, 2.75) is 25.9 Å². The molecule has 3 heterocycles. The zero-order valence-electron chi connectivity index (χ0n) is 14.9. The zero-order valence-corrected chi connectivity index (χ0v) is 15.7. The highest BCUT2D eigenvalue weighted by Gasteiger charge is 2.17. The molecule has 0 saturated heterocycles. The van der Waals surface area contributed by atoms with Crippen LogP contribution in [-0.2, 0) is 0 Å². The number of aromatic nitrogens is 3. The minimum Gasteiger partial charge on any atom is -0.350 e. The van der Waals surface area contributed by atoms with Crippen molar-refractivity contribution in [2.75, 3.05) is 20.6 Å². The average Bonchev–Trinajstić information content (AvgIpc) is 3.23. The van der Waals surface area contributed by atoms with Crippen LogP contribution in [0.4, 0.5) is 0 Å². The molecule has 0 aliphatic rings. The standard InChI is InChI=1S/C18H23N5OS/c1-12(2)23-17-13(10-21-23)8-14(9-19-17)18(24)20-11-15(22(3)4)16-6-5-7-25-16/h5-10,12,15H,11H2,1-4H3,(H,20,24). The van der Waals surface area contributed by atoms with Gasteiger partial charge in [-0.3, -0.25) is 4.79 Å². The van der Waals surface area contributed by atoms with Gasteiger partial charge in [0.15, 0.2) is 5.65 Å². The molecular weight excluding hydrogens is 334 g/mol. The van der Waals surface area contributed by atoms with Crippen LogP contribution in [0, 0.1) is 0 Å². The molecule has 1 atom stereocenters. The van der Waals surface area contributed by atoms with Crippen LogP contribution in [0.5, 0.6) is 0 Å². The fraction of sp³-hybridized carbons (Fsp3) is 0.389. The first kappa shape index (κ1) is 17.6. The molecule has 25 heavy (non-hydrogen) atoms. The molecule has 0 saturated carbocycles. The molecule has 132 valence electrons. The van der Waals surface area contributed by atoms with E-state index < -0.39 is 0 Å². The quantitative estimate of drug-likeness (QED) is 0.736. The van der Waals surface area contributed by atoms with Crippen LogP contribution in [0.25, 0.3) is 11.0 Å². The Morgan fingerprint density at radius 3 is 2.80 bits per heavy atom. The smallest absolute Gasteiger partial charge is 0.252 e. The van der Waals surface area contributed by atoms with E-state index in [1.165, 1.54) is 4.88 Å². The molecule has 3 aromatic rings. The number of likely N-dealkylation sites (N-methyl/N-ethyl adjacent to an activating group) is 1. The molecule has 3 rings (SSSR count). The maximum Gasteiger partial charge on any atom is 0.252 e. The number of amides is 1. The number of nitrogens with zero attached hydrogens (tertiary/aromatic N) is 4. The molecule has 0 bridgehead atoms. The number of hydrogen-bond donors (Lipinski definition) is 1. The monoisotopic (exact) mass is 357 g/mol. The lowest BCUT2D eigenvalue weighted by molar-refractivity contribution is 0.0942. The molecule has 1 unspecified atom stereocenters. The fourth-order valence-corrected chi connectivity index (χ4v) is 3.67. The van der Waals surface area contributed by atoms with Gasteiger partial charge in [-0.15, -0.1) is 11.3 Å². The fourth-order valence-electron chi connectivity index (χ4n) is 2.75. The Morgan fingerprint density at radius 2 is 2.16 bits per heavy atom. The van der Waals surface area contributed by atoms with Gasteiger partial charge in [0.25, 0.3) is 5.91 Å². The number of carbonyl (C=O) groups is 1. The van der Waals surface area contributed by atoms with Crippen molar-refractivity contribution in [2.24, 2.45) is 0 Å². The Kier molecular flexibility index (Phi) is 5.15. The highest BCUT2D eigenvalue weighted by atomic mass is 32.1. The first-order valence-electron chi connectivity index (χ1n) is 8.28. The molecule has 0 fully saturated rings. The largest absolute Gasteiger partial charge is 0.350 e. The van der Waals surface area contributed by atoms with E-state index in [0.29, 0.717) is 12.1 Å². The third kappa shape index (κ3) is 3.72. The second-order valence-corrected chi connectivity index (χ2v) is 7.50. The number of nitrogens with one attached hydrogen (secondary N) is 1. The van der Waals surface area contributed by atoms with Gasteiger partial charge in [0, 0.05) is 29.0 Å². The van der Waals surface area contributed by atoms with Gasteiger partial charge in [0.1, 0.15) is 0 Å². The number of hydrogen-bond acceptors (Lipinski definition) is 5. The van der Waals surface area contributed by atoms with Gasteiger partial charge in [0.2, 0.25) is 0 Å². The molecule has 1 N–H and O–H groups in total. The summed E-state index contributed by atoms with van der Waals surface area (Å²) in [5.74, 6) is -0.116. The zero-order chi connectivity index (χ0) is 18.0. The van der Waals surface area contributed by atoms with Gasteiger partial charge < -0.3 is 10.2 Å². The second kappa shape index (κ2) is 7.33. The molecule has 7 heteroatoms. The molecule has 0 aliphatic carbocycles. The van der Waals surface area contributed by atoms with Gasteiger partial charge >= 0.3 is 0 Å². The third-order valence-electron chi connectivity index (χ3n) is 4.14. The molecule has 0 radical (unpaired) electrons. The summed E-state index contributed by atoms with van der Waals surface area (Å²) in [7, 11) is 4.04. The van der Waals surface area contributed by atoms with Gasteiger partial charge in [0.05, 0.1) is 17.8 Å². The van der Waals surface area contributed by atoms with Crippen LogP contribution in [0.1, 0.15) is 41.2 Å². The van der Waals surface area contributed by atoms with Crippen molar-refractivity contribution >= 4 is 28.3 Å². The highest BCUT2D eigenvalue weighted by Crippen LogP contribution is 2.22. The highest BCUT2D eigenvalue weighted by molar-refractivity contribution is 7.10. The van der Waals surface area contributed by atoms with Gasteiger partial charge in [-0.25, -0.2) is 9.67 Å².